The Hall–Kier alpha value is -5.46. The van der Waals surface area contributed by atoms with Gasteiger partial charge in [0.2, 0.25) is 0 Å². The van der Waals surface area contributed by atoms with Crippen LogP contribution in [0.25, 0.3) is 44.6 Å². The van der Waals surface area contributed by atoms with Gasteiger partial charge in [0.15, 0.2) is 11.3 Å². The molecule has 0 spiro atoms. The lowest BCUT2D eigenvalue weighted by Gasteiger charge is -2.05. The minimum absolute atomic E-state index is 0.00393. The molecule has 0 aliphatic heterocycles. The van der Waals surface area contributed by atoms with E-state index in [0.717, 1.165) is 28.0 Å². The van der Waals surface area contributed by atoms with Gasteiger partial charge in [-0.3, -0.25) is 14.9 Å². The molecule has 6 rings (SSSR count). The van der Waals surface area contributed by atoms with Crippen LogP contribution >= 0.6 is 0 Å². The Balaban J connectivity index is 0.000000166. The third kappa shape index (κ3) is 5.24. The highest BCUT2D eigenvalue weighted by atomic mass is 16.6. The van der Waals surface area contributed by atoms with E-state index in [1.54, 1.807) is 29.3 Å². The third-order valence-corrected chi connectivity index (χ3v) is 6.33. The highest BCUT2D eigenvalue weighted by molar-refractivity contribution is 5.91. The highest BCUT2D eigenvalue weighted by Crippen LogP contribution is 2.30. The summed E-state index contributed by atoms with van der Waals surface area (Å²) in [5, 5.41) is 21.3. The van der Waals surface area contributed by atoms with E-state index in [2.05, 4.69) is 44.0 Å². The Bertz CT molecular complexity index is 1940. The number of rotatable bonds is 5. The van der Waals surface area contributed by atoms with E-state index in [1.165, 1.54) is 18.5 Å². The summed E-state index contributed by atoms with van der Waals surface area (Å²) in [5.41, 5.74) is 10.3. The van der Waals surface area contributed by atoms with Crippen LogP contribution in [0.3, 0.4) is 0 Å². The van der Waals surface area contributed by atoms with Gasteiger partial charge in [-0.2, -0.15) is 10.2 Å². The van der Waals surface area contributed by atoms with Crippen LogP contribution in [0.4, 0.5) is 11.4 Å². The zero-order valence-electron chi connectivity index (χ0n) is 22.9. The first-order valence-electron chi connectivity index (χ1n) is 12.9. The molecule has 0 unspecified atom stereocenters. The predicted octanol–water partition coefficient (Wildman–Crippen LogP) is 4.93. The number of nitrogen functional groups attached to an aromatic ring is 1. The smallest absolute Gasteiger partial charge is 0.270 e. The first-order chi connectivity index (χ1) is 19.7. The van der Waals surface area contributed by atoms with Crippen LogP contribution in [0, 0.1) is 10.1 Å². The van der Waals surface area contributed by atoms with Crippen molar-refractivity contribution in [2.24, 2.45) is 0 Å². The molecule has 208 valence electrons. The first kappa shape index (κ1) is 27.1. The van der Waals surface area contributed by atoms with Gasteiger partial charge in [0.05, 0.1) is 16.6 Å². The van der Waals surface area contributed by atoms with Crippen LogP contribution in [0.1, 0.15) is 39.8 Å². The van der Waals surface area contributed by atoms with E-state index in [4.69, 9.17) is 5.73 Å². The van der Waals surface area contributed by atoms with Crippen molar-refractivity contribution in [2.75, 3.05) is 5.73 Å². The van der Waals surface area contributed by atoms with E-state index in [0.29, 0.717) is 22.3 Å². The van der Waals surface area contributed by atoms with Crippen molar-refractivity contribution in [1.82, 2.24) is 39.5 Å². The van der Waals surface area contributed by atoms with Crippen molar-refractivity contribution in [3.8, 4) is 22.5 Å². The van der Waals surface area contributed by atoms with Gasteiger partial charge in [0.1, 0.15) is 23.1 Å². The van der Waals surface area contributed by atoms with E-state index in [9.17, 15) is 14.9 Å². The van der Waals surface area contributed by atoms with Crippen LogP contribution in [0.15, 0.2) is 72.2 Å². The molecule has 0 aliphatic carbocycles. The zero-order valence-corrected chi connectivity index (χ0v) is 22.9. The van der Waals surface area contributed by atoms with Gasteiger partial charge >= 0.3 is 0 Å². The van der Waals surface area contributed by atoms with Crippen LogP contribution in [-0.2, 0) is 0 Å². The number of aromatic amines is 1. The molecule has 0 saturated heterocycles. The van der Waals surface area contributed by atoms with Gasteiger partial charge < -0.3 is 10.7 Å². The molecule has 0 atom stereocenters. The van der Waals surface area contributed by atoms with Gasteiger partial charge in [-0.25, -0.2) is 24.3 Å². The Morgan fingerprint density at radius 3 is 2.24 bits per heavy atom. The molecule has 13 nitrogen and oxygen atoms in total. The fourth-order valence-corrected chi connectivity index (χ4v) is 4.45. The van der Waals surface area contributed by atoms with E-state index >= 15 is 0 Å². The molecule has 0 amide bonds. The maximum atomic E-state index is 12.1. The lowest BCUT2D eigenvalue weighted by atomic mass is 10.1. The summed E-state index contributed by atoms with van der Waals surface area (Å²) >= 11 is 0. The number of nitrogens with one attached hydrogen (secondary N) is 1. The monoisotopic (exact) mass is 552 g/mol. The third-order valence-electron chi connectivity index (χ3n) is 6.33. The maximum absolute atomic E-state index is 12.1. The average Bonchev–Trinajstić information content (AvgIpc) is 3.54. The van der Waals surface area contributed by atoms with Gasteiger partial charge in [-0.1, -0.05) is 24.3 Å². The summed E-state index contributed by atoms with van der Waals surface area (Å²) in [4.78, 5) is 37.7. The molecule has 13 heteroatoms. The number of hydrogen-bond donors (Lipinski definition) is 2. The number of hydrogen-bond acceptors (Lipinski definition) is 9. The molecule has 2 aromatic carbocycles. The molecule has 4 aromatic heterocycles. The number of fused-ring (bicyclic) bond motifs is 2. The second-order valence-electron chi connectivity index (χ2n) is 9.90. The molecule has 0 aliphatic rings. The Morgan fingerprint density at radius 2 is 1.56 bits per heavy atom. The number of non-ortho nitro benzene ring substituents is 1. The standard InChI is InChI=1S/C14H13N5O3.C14H15N5/c1-8(2)18-13-11(14(20)16-7-15-13)12(17-18)9-4-3-5-10(6-9)19(21)22;1-9(2)19-14-12(7-16-8-17-14)13(18-19)10-4-3-5-11(15)6-10/h3-8H,1-2H3,(H,15,16,20);3-9H,15H2,1-2H3. The SMILES string of the molecule is CC(C)n1nc(-c2cccc(N)c2)c2cncnc21.CC(C)n1nc(-c2cccc([N+](=O)[O-])c2)c2c(=O)[nH]cnc21. The number of aromatic nitrogens is 8. The zero-order chi connectivity index (χ0) is 29.3. The van der Waals surface area contributed by atoms with Gasteiger partial charge in [0, 0.05) is 47.2 Å². The molecular weight excluding hydrogens is 524 g/mol. The number of nitro benzene ring substituents is 1. The van der Waals surface area contributed by atoms with Crippen molar-refractivity contribution in [3.05, 3.63) is 87.9 Å². The molecule has 0 radical (unpaired) electrons. The van der Waals surface area contributed by atoms with Crippen molar-refractivity contribution < 1.29 is 4.92 Å². The van der Waals surface area contributed by atoms with Crippen molar-refractivity contribution in [3.63, 3.8) is 0 Å². The van der Waals surface area contributed by atoms with Crippen molar-refractivity contribution in [2.45, 2.75) is 39.8 Å². The Kier molecular flexibility index (Phi) is 7.25. The fraction of sp³-hybridized carbons (Fsp3) is 0.214. The average molecular weight is 553 g/mol. The van der Waals surface area contributed by atoms with Gasteiger partial charge in [0.25, 0.3) is 11.2 Å². The largest absolute Gasteiger partial charge is 0.399 e. The molecule has 4 heterocycles. The summed E-state index contributed by atoms with van der Waals surface area (Å²) < 4.78 is 3.55. The molecule has 6 aromatic rings. The van der Waals surface area contributed by atoms with E-state index in [1.807, 2.05) is 42.8 Å². The minimum atomic E-state index is -0.479. The lowest BCUT2D eigenvalue weighted by molar-refractivity contribution is -0.384. The first-order valence-corrected chi connectivity index (χ1v) is 12.9. The number of nitrogens with zero attached hydrogens (tertiary/aromatic N) is 8. The van der Waals surface area contributed by atoms with Gasteiger partial charge in [-0.15, -0.1) is 0 Å². The van der Waals surface area contributed by atoms with Gasteiger partial charge in [-0.05, 0) is 39.8 Å². The number of benzene rings is 2. The Morgan fingerprint density at radius 1 is 0.902 bits per heavy atom. The molecule has 41 heavy (non-hydrogen) atoms. The molecule has 0 fully saturated rings. The number of H-pyrrole nitrogens is 1. The van der Waals surface area contributed by atoms with Crippen LogP contribution in [0.2, 0.25) is 0 Å². The summed E-state index contributed by atoms with van der Waals surface area (Å²) in [6, 6.07) is 14.0. The fourth-order valence-electron chi connectivity index (χ4n) is 4.45. The predicted molar refractivity (Wildman–Crippen MR) is 156 cm³/mol. The van der Waals surface area contributed by atoms with Crippen molar-refractivity contribution >= 4 is 33.4 Å². The summed E-state index contributed by atoms with van der Waals surface area (Å²) in [6.07, 6.45) is 4.67. The maximum Gasteiger partial charge on any atom is 0.270 e. The summed E-state index contributed by atoms with van der Waals surface area (Å²) in [7, 11) is 0. The number of anilines is 1. The van der Waals surface area contributed by atoms with E-state index in [-0.39, 0.29) is 23.3 Å². The van der Waals surface area contributed by atoms with Crippen molar-refractivity contribution in [1.29, 1.82) is 0 Å². The normalized spacial score (nSPS) is 11.3. The van der Waals surface area contributed by atoms with E-state index < -0.39 is 4.92 Å². The second-order valence-corrected chi connectivity index (χ2v) is 9.90. The van der Waals surface area contributed by atoms with Crippen LogP contribution < -0.4 is 11.3 Å². The molecule has 0 saturated carbocycles. The molecule has 3 N–H and O–H groups in total. The van der Waals surface area contributed by atoms with Crippen LogP contribution in [-0.4, -0.2) is 44.4 Å². The summed E-state index contributed by atoms with van der Waals surface area (Å²) in [5.74, 6) is 0. The Labute approximate surface area is 233 Å². The minimum Gasteiger partial charge on any atom is -0.399 e. The number of nitro groups is 1. The number of nitrogens with two attached hydrogens (primary N) is 1. The quantitative estimate of drug-likeness (QED) is 0.170. The second kappa shape index (κ2) is 11.0. The topological polar surface area (TPSA) is 176 Å². The van der Waals surface area contributed by atoms with Crippen LogP contribution in [0.5, 0.6) is 0 Å². The summed E-state index contributed by atoms with van der Waals surface area (Å²) in [6.45, 7) is 8.01. The molecule has 0 bridgehead atoms. The highest BCUT2D eigenvalue weighted by Gasteiger charge is 2.20. The molecular formula is C28H28N10O3. The lowest BCUT2D eigenvalue weighted by Crippen LogP contribution is -2.08.